The maximum Gasteiger partial charge on any atom is 0.291 e. The highest BCUT2D eigenvalue weighted by atomic mass is 32.2. The highest BCUT2D eigenvalue weighted by Crippen LogP contribution is 2.27. The highest BCUT2D eigenvalue weighted by molar-refractivity contribution is 7.89. The first-order valence-corrected chi connectivity index (χ1v) is 9.94. The van der Waals surface area contributed by atoms with Crippen LogP contribution in [0.4, 0.5) is 10.1 Å². The van der Waals surface area contributed by atoms with E-state index in [9.17, 15) is 17.6 Å². The maximum absolute atomic E-state index is 13.4. The van der Waals surface area contributed by atoms with Crippen LogP contribution in [0.2, 0.25) is 0 Å². The average Bonchev–Trinajstić information content (AvgIpc) is 3.37. The number of furan rings is 1. The third kappa shape index (κ3) is 3.58. The number of carbonyl (C=O) groups is 1. The van der Waals surface area contributed by atoms with Crippen molar-refractivity contribution >= 4 is 32.6 Å². The zero-order chi connectivity index (χ0) is 19.2. The number of anilines is 1. The Morgan fingerprint density at radius 2 is 1.96 bits per heavy atom. The Kier molecular flexibility index (Phi) is 4.24. The van der Waals surface area contributed by atoms with Gasteiger partial charge in [0.25, 0.3) is 5.91 Å². The molecule has 1 aromatic heterocycles. The van der Waals surface area contributed by atoms with Crippen molar-refractivity contribution in [2.75, 3.05) is 5.32 Å². The van der Waals surface area contributed by atoms with Gasteiger partial charge in [-0.3, -0.25) is 4.79 Å². The summed E-state index contributed by atoms with van der Waals surface area (Å²) in [6.45, 7) is 1.67. The van der Waals surface area contributed by atoms with E-state index in [-0.39, 0.29) is 16.7 Å². The molecule has 2 aromatic carbocycles. The minimum Gasteiger partial charge on any atom is -0.451 e. The largest absolute Gasteiger partial charge is 0.451 e. The molecule has 4 rings (SSSR count). The van der Waals surface area contributed by atoms with Crippen LogP contribution in [0.5, 0.6) is 0 Å². The Bertz CT molecular complexity index is 1150. The van der Waals surface area contributed by atoms with E-state index in [0.717, 1.165) is 12.8 Å². The van der Waals surface area contributed by atoms with E-state index in [0.29, 0.717) is 22.2 Å². The summed E-state index contributed by atoms with van der Waals surface area (Å²) in [5, 5.41) is 3.16. The molecule has 1 saturated carbocycles. The molecule has 1 heterocycles. The van der Waals surface area contributed by atoms with Crippen LogP contribution in [0.3, 0.4) is 0 Å². The number of benzene rings is 2. The summed E-state index contributed by atoms with van der Waals surface area (Å²) in [5.74, 6) is -0.895. The molecule has 1 fully saturated rings. The third-order valence-electron chi connectivity index (χ3n) is 4.41. The van der Waals surface area contributed by atoms with Crippen molar-refractivity contribution in [2.24, 2.45) is 0 Å². The Hall–Kier alpha value is -2.71. The fraction of sp³-hybridized carbons (Fsp3) is 0.211. The van der Waals surface area contributed by atoms with Crippen molar-refractivity contribution in [2.45, 2.75) is 30.7 Å². The maximum atomic E-state index is 13.4. The van der Waals surface area contributed by atoms with Crippen LogP contribution in [0, 0.1) is 12.7 Å². The lowest BCUT2D eigenvalue weighted by molar-refractivity contribution is 0.0998. The van der Waals surface area contributed by atoms with Gasteiger partial charge in [-0.15, -0.1) is 0 Å². The summed E-state index contributed by atoms with van der Waals surface area (Å²) in [6, 6.07) is 10.0. The van der Waals surface area contributed by atoms with Crippen LogP contribution in [-0.2, 0) is 10.0 Å². The van der Waals surface area contributed by atoms with Crippen LogP contribution >= 0.6 is 0 Å². The SMILES string of the molecule is Cc1c(C(=O)Nc2cccc(S(=O)(=O)NC3CC3)c2)oc2ccc(F)cc12. The minimum absolute atomic E-state index is 0.00755. The van der Waals surface area contributed by atoms with Gasteiger partial charge >= 0.3 is 0 Å². The van der Waals surface area contributed by atoms with Gasteiger partial charge in [0.2, 0.25) is 10.0 Å². The quantitative estimate of drug-likeness (QED) is 0.699. The molecule has 0 radical (unpaired) electrons. The molecule has 0 saturated heterocycles. The summed E-state index contributed by atoms with van der Waals surface area (Å²) < 4.78 is 46.2. The van der Waals surface area contributed by atoms with E-state index < -0.39 is 21.7 Å². The van der Waals surface area contributed by atoms with Gasteiger partial charge in [0.1, 0.15) is 11.4 Å². The number of rotatable bonds is 5. The van der Waals surface area contributed by atoms with E-state index >= 15 is 0 Å². The Labute approximate surface area is 155 Å². The number of nitrogens with one attached hydrogen (secondary N) is 2. The van der Waals surface area contributed by atoms with Crippen molar-refractivity contribution in [3.63, 3.8) is 0 Å². The molecule has 0 unspecified atom stereocenters. The van der Waals surface area contributed by atoms with Crippen molar-refractivity contribution in [3.05, 3.63) is 59.6 Å². The molecule has 1 aliphatic carbocycles. The fourth-order valence-electron chi connectivity index (χ4n) is 2.83. The highest BCUT2D eigenvalue weighted by Gasteiger charge is 2.28. The van der Waals surface area contributed by atoms with Crippen LogP contribution in [0.15, 0.2) is 51.8 Å². The molecule has 1 amide bonds. The molecule has 6 nitrogen and oxygen atoms in total. The van der Waals surface area contributed by atoms with Crippen LogP contribution < -0.4 is 10.0 Å². The van der Waals surface area contributed by atoms with Crippen molar-refractivity contribution in [3.8, 4) is 0 Å². The van der Waals surface area contributed by atoms with Gasteiger partial charge in [0.15, 0.2) is 5.76 Å². The van der Waals surface area contributed by atoms with E-state index in [1.54, 1.807) is 19.1 Å². The van der Waals surface area contributed by atoms with E-state index in [1.165, 1.54) is 30.3 Å². The molecule has 0 aliphatic heterocycles. The number of fused-ring (bicyclic) bond motifs is 1. The summed E-state index contributed by atoms with van der Waals surface area (Å²) in [4.78, 5) is 12.7. The number of amides is 1. The number of aryl methyl sites for hydroxylation is 1. The van der Waals surface area contributed by atoms with Gasteiger partial charge < -0.3 is 9.73 Å². The number of carbonyl (C=O) groups excluding carboxylic acids is 1. The van der Waals surface area contributed by atoms with E-state index in [1.807, 2.05) is 0 Å². The lowest BCUT2D eigenvalue weighted by atomic mass is 10.1. The van der Waals surface area contributed by atoms with E-state index in [2.05, 4.69) is 10.0 Å². The second-order valence-electron chi connectivity index (χ2n) is 6.57. The Morgan fingerprint density at radius 1 is 1.19 bits per heavy atom. The van der Waals surface area contributed by atoms with Gasteiger partial charge in [0.05, 0.1) is 4.90 Å². The van der Waals surface area contributed by atoms with Crippen LogP contribution in [-0.4, -0.2) is 20.4 Å². The summed E-state index contributed by atoms with van der Waals surface area (Å²) in [7, 11) is -3.62. The zero-order valence-electron chi connectivity index (χ0n) is 14.5. The number of hydrogen-bond acceptors (Lipinski definition) is 4. The number of halogens is 1. The van der Waals surface area contributed by atoms with E-state index in [4.69, 9.17) is 4.42 Å². The second-order valence-corrected chi connectivity index (χ2v) is 8.29. The molecule has 0 spiro atoms. The molecule has 0 atom stereocenters. The lowest BCUT2D eigenvalue weighted by Crippen LogP contribution is -2.25. The summed E-state index contributed by atoms with van der Waals surface area (Å²) in [5.41, 5.74) is 1.25. The van der Waals surface area contributed by atoms with Gasteiger partial charge in [-0.2, -0.15) is 0 Å². The summed E-state index contributed by atoms with van der Waals surface area (Å²) >= 11 is 0. The first-order valence-electron chi connectivity index (χ1n) is 8.46. The molecule has 2 N–H and O–H groups in total. The van der Waals surface area contributed by atoms with Crippen LogP contribution in [0.1, 0.15) is 29.0 Å². The predicted molar refractivity (Wildman–Crippen MR) is 98.6 cm³/mol. The monoisotopic (exact) mass is 388 g/mol. The summed E-state index contributed by atoms with van der Waals surface area (Å²) in [6.07, 6.45) is 1.67. The van der Waals surface area contributed by atoms with Crippen molar-refractivity contribution in [1.29, 1.82) is 0 Å². The third-order valence-corrected chi connectivity index (χ3v) is 5.92. The average molecular weight is 388 g/mol. The zero-order valence-corrected chi connectivity index (χ0v) is 15.3. The molecule has 1 aliphatic rings. The lowest BCUT2D eigenvalue weighted by Gasteiger charge is -2.08. The van der Waals surface area contributed by atoms with Gasteiger partial charge in [0, 0.05) is 22.7 Å². The molecule has 8 heteroatoms. The standard InChI is InChI=1S/C19H17FN2O4S/c1-11-16-9-12(20)5-8-17(16)26-18(11)19(23)21-14-3-2-4-15(10-14)27(24,25)22-13-6-7-13/h2-5,8-10,13,22H,6-7H2,1H3,(H,21,23). The number of sulfonamides is 1. The second kappa shape index (κ2) is 6.47. The topological polar surface area (TPSA) is 88.4 Å². The first kappa shape index (κ1) is 17.7. The van der Waals surface area contributed by atoms with Gasteiger partial charge in [-0.05, 0) is 56.2 Å². The molecular formula is C19H17FN2O4S. The smallest absolute Gasteiger partial charge is 0.291 e. The predicted octanol–water partition coefficient (Wildman–Crippen LogP) is 3.57. The molecule has 0 bridgehead atoms. The van der Waals surface area contributed by atoms with Gasteiger partial charge in [-0.1, -0.05) is 6.07 Å². The first-order chi connectivity index (χ1) is 12.8. The van der Waals surface area contributed by atoms with Gasteiger partial charge in [-0.25, -0.2) is 17.5 Å². The Morgan fingerprint density at radius 3 is 2.70 bits per heavy atom. The molecule has 140 valence electrons. The number of hydrogen-bond donors (Lipinski definition) is 2. The van der Waals surface area contributed by atoms with Crippen molar-refractivity contribution < 1.29 is 22.0 Å². The molecular weight excluding hydrogens is 371 g/mol. The Balaban J connectivity index is 1.60. The minimum atomic E-state index is -3.62. The fourth-order valence-corrected chi connectivity index (χ4v) is 4.18. The van der Waals surface area contributed by atoms with Crippen LogP contribution in [0.25, 0.3) is 11.0 Å². The van der Waals surface area contributed by atoms with Crippen molar-refractivity contribution in [1.82, 2.24) is 4.72 Å². The molecule has 27 heavy (non-hydrogen) atoms. The normalized spacial score (nSPS) is 14.4. The molecule has 3 aromatic rings.